The molecule has 0 aliphatic rings. The number of carbonyl (C=O) groups excluding carboxylic acids is 1. The van der Waals surface area contributed by atoms with Crippen molar-refractivity contribution in [3.8, 4) is 17.1 Å². The van der Waals surface area contributed by atoms with Gasteiger partial charge in [-0.3, -0.25) is 9.89 Å². The number of nitrogens with zero attached hydrogens (tertiary/aromatic N) is 3. The summed E-state index contributed by atoms with van der Waals surface area (Å²) in [5, 5.41) is 9.63. The standard InChI is InChI=1S/C19H17N5O2/c1-12-13(2)24(11-20-12)15-7-5-14(6-8-15)22-19(25)16-10-21-23-18(16)17-4-3-9-26-17/h3-11H,1-2H3,(H,21,23)(H,22,25). The lowest BCUT2D eigenvalue weighted by atomic mass is 10.2. The molecule has 130 valence electrons. The van der Waals surface area contributed by atoms with Gasteiger partial charge in [0, 0.05) is 17.1 Å². The zero-order valence-electron chi connectivity index (χ0n) is 14.4. The number of nitrogens with one attached hydrogen (secondary N) is 2. The highest BCUT2D eigenvalue weighted by Gasteiger charge is 2.17. The first kappa shape index (κ1) is 15.9. The summed E-state index contributed by atoms with van der Waals surface area (Å²) < 4.78 is 7.34. The average Bonchev–Trinajstić information content (AvgIpc) is 3.38. The summed E-state index contributed by atoms with van der Waals surface area (Å²) in [7, 11) is 0. The fourth-order valence-corrected chi connectivity index (χ4v) is 2.73. The SMILES string of the molecule is Cc1ncn(-c2ccc(NC(=O)c3cn[nH]c3-c3ccco3)cc2)c1C. The van der Waals surface area contributed by atoms with E-state index in [-0.39, 0.29) is 5.91 Å². The topological polar surface area (TPSA) is 88.7 Å². The Kier molecular flexibility index (Phi) is 3.89. The number of rotatable bonds is 4. The summed E-state index contributed by atoms with van der Waals surface area (Å²) in [5.74, 6) is 0.307. The monoisotopic (exact) mass is 347 g/mol. The molecule has 0 radical (unpaired) electrons. The van der Waals surface area contributed by atoms with Gasteiger partial charge < -0.3 is 14.3 Å². The predicted octanol–water partition coefficient (Wildman–Crippen LogP) is 3.72. The van der Waals surface area contributed by atoms with Crippen molar-refractivity contribution < 1.29 is 9.21 Å². The number of aryl methyl sites for hydroxylation is 1. The third-order valence-electron chi connectivity index (χ3n) is 4.31. The number of imidazole rings is 1. The molecule has 0 unspecified atom stereocenters. The van der Waals surface area contributed by atoms with Crippen LogP contribution in [-0.4, -0.2) is 25.7 Å². The maximum Gasteiger partial charge on any atom is 0.259 e. The minimum absolute atomic E-state index is 0.257. The highest BCUT2D eigenvalue weighted by atomic mass is 16.3. The van der Waals surface area contributed by atoms with Crippen LogP contribution >= 0.6 is 0 Å². The van der Waals surface area contributed by atoms with Crippen LogP contribution in [0.25, 0.3) is 17.1 Å². The fraction of sp³-hybridized carbons (Fsp3) is 0.105. The van der Waals surface area contributed by atoms with E-state index in [1.165, 1.54) is 6.20 Å². The van der Waals surface area contributed by atoms with E-state index < -0.39 is 0 Å². The molecule has 0 bridgehead atoms. The smallest absolute Gasteiger partial charge is 0.259 e. The Morgan fingerprint density at radius 2 is 2.00 bits per heavy atom. The van der Waals surface area contributed by atoms with Gasteiger partial charge in [0.05, 0.1) is 30.0 Å². The van der Waals surface area contributed by atoms with E-state index in [0.29, 0.717) is 22.7 Å². The lowest BCUT2D eigenvalue weighted by Crippen LogP contribution is -2.12. The number of aromatic amines is 1. The molecule has 7 heteroatoms. The van der Waals surface area contributed by atoms with Gasteiger partial charge in [0.15, 0.2) is 5.76 Å². The van der Waals surface area contributed by atoms with Gasteiger partial charge in [0.25, 0.3) is 5.91 Å². The van der Waals surface area contributed by atoms with Crippen LogP contribution in [0.1, 0.15) is 21.7 Å². The fourth-order valence-electron chi connectivity index (χ4n) is 2.73. The Hall–Kier alpha value is -3.61. The van der Waals surface area contributed by atoms with Crippen LogP contribution in [0.2, 0.25) is 0 Å². The van der Waals surface area contributed by atoms with Crippen molar-refractivity contribution >= 4 is 11.6 Å². The molecule has 0 saturated carbocycles. The van der Waals surface area contributed by atoms with E-state index in [2.05, 4.69) is 20.5 Å². The molecule has 0 saturated heterocycles. The van der Waals surface area contributed by atoms with E-state index in [9.17, 15) is 4.79 Å². The van der Waals surface area contributed by atoms with Crippen molar-refractivity contribution in [3.63, 3.8) is 0 Å². The van der Waals surface area contributed by atoms with Gasteiger partial charge >= 0.3 is 0 Å². The molecule has 0 aliphatic carbocycles. The molecular formula is C19H17N5O2. The highest BCUT2D eigenvalue weighted by molar-refractivity contribution is 6.07. The minimum Gasteiger partial charge on any atom is -0.463 e. The summed E-state index contributed by atoms with van der Waals surface area (Å²) in [6, 6.07) is 11.1. The zero-order valence-corrected chi connectivity index (χ0v) is 14.4. The molecule has 0 atom stereocenters. The van der Waals surface area contributed by atoms with E-state index in [0.717, 1.165) is 17.1 Å². The van der Waals surface area contributed by atoms with Gasteiger partial charge in [-0.25, -0.2) is 4.98 Å². The van der Waals surface area contributed by atoms with Crippen molar-refractivity contribution in [1.29, 1.82) is 0 Å². The predicted molar refractivity (Wildman–Crippen MR) is 97.3 cm³/mol. The van der Waals surface area contributed by atoms with Crippen molar-refractivity contribution in [3.05, 3.63) is 72.1 Å². The molecule has 0 fully saturated rings. The zero-order chi connectivity index (χ0) is 18.1. The number of amides is 1. The lowest BCUT2D eigenvalue weighted by molar-refractivity contribution is 0.102. The first-order valence-corrected chi connectivity index (χ1v) is 8.13. The molecule has 0 spiro atoms. The summed E-state index contributed by atoms with van der Waals surface area (Å²) in [6.45, 7) is 4.00. The number of carbonyl (C=O) groups is 1. The number of aromatic nitrogens is 4. The van der Waals surface area contributed by atoms with Gasteiger partial charge in [-0.2, -0.15) is 5.10 Å². The number of furan rings is 1. The van der Waals surface area contributed by atoms with E-state index in [1.807, 2.05) is 42.7 Å². The summed E-state index contributed by atoms with van der Waals surface area (Å²) in [4.78, 5) is 16.9. The van der Waals surface area contributed by atoms with Crippen LogP contribution in [0.15, 0.2) is 59.6 Å². The quantitative estimate of drug-likeness (QED) is 0.589. The average molecular weight is 347 g/mol. The van der Waals surface area contributed by atoms with Crippen LogP contribution in [0.4, 0.5) is 5.69 Å². The molecule has 1 amide bonds. The third kappa shape index (κ3) is 2.79. The Morgan fingerprint density at radius 1 is 1.19 bits per heavy atom. The number of hydrogen-bond donors (Lipinski definition) is 2. The molecule has 7 nitrogen and oxygen atoms in total. The molecule has 4 aromatic rings. The van der Waals surface area contributed by atoms with Crippen molar-refractivity contribution in [1.82, 2.24) is 19.7 Å². The largest absolute Gasteiger partial charge is 0.463 e. The molecule has 3 heterocycles. The maximum atomic E-state index is 12.6. The number of H-pyrrole nitrogens is 1. The molecular weight excluding hydrogens is 330 g/mol. The van der Waals surface area contributed by atoms with Gasteiger partial charge in [0.2, 0.25) is 0 Å². The molecule has 3 aromatic heterocycles. The van der Waals surface area contributed by atoms with Crippen LogP contribution in [0, 0.1) is 13.8 Å². The van der Waals surface area contributed by atoms with Gasteiger partial charge in [-0.1, -0.05) is 0 Å². The second kappa shape index (κ2) is 6.36. The summed E-state index contributed by atoms with van der Waals surface area (Å²) >= 11 is 0. The Morgan fingerprint density at radius 3 is 2.65 bits per heavy atom. The molecule has 2 N–H and O–H groups in total. The van der Waals surface area contributed by atoms with Gasteiger partial charge in [-0.15, -0.1) is 0 Å². The Balaban J connectivity index is 1.54. The van der Waals surface area contributed by atoms with Crippen LogP contribution in [0.3, 0.4) is 0 Å². The Labute approximate surface area is 149 Å². The second-order valence-electron chi connectivity index (χ2n) is 5.92. The lowest BCUT2D eigenvalue weighted by Gasteiger charge is -2.08. The van der Waals surface area contributed by atoms with E-state index >= 15 is 0 Å². The molecule has 0 aliphatic heterocycles. The first-order chi connectivity index (χ1) is 12.6. The summed E-state index contributed by atoms with van der Waals surface area (Å²) in [5.41, 5.74) is 4.73. The van der Waals surface area contributed by atoms with Crippen LogP contribution in [0.5, 0.6) is 0 Å². The van der Waals surface area contributed by atoms with Crippen molar-refractivity contribution in [2.45, 2.75) is 13.8 Å². The molecule has 4 rings (SSSR count). The van der Waals surface area contributed by atoms with Crippen molar-refractivity contribution in [2.75, 3.05) is 5.32 Å². The molecule has 1 aromatic carbocycles. The first-order valence-electron chi connectivity index (χ1n) is 8.13. The third-order valence-corrected chi connectivity index (χ3v) is 4.31. The maximum absolute atomic E-state index is 12.6. The van der Waals surface area contributed by atoms with Crippen LogP contribution < -0.4 is 5.32 Å². The number of benzene rings is 1. The van der Waals surface area contributed by atoms with E-state index in [1.54, 1.807) is 24.7 Å². The van der Waals surface area contributed by atoms with Gasteiger partial charge in [-0.05, 0) is 50.2 Å². The minimum atomic E-state index is -0.257. The number of anilines is 1. The van der Waals surface area contributed by atoms with Crippen molar-refractivity contribution in [2.24, 2.45) is 0 Å². The Bertz CT molecular complexity index is 1040. The van der Waals surface area contributed by atoms with E-state index in [4.69, 9.17) is 4.42 Å². The normalized spacial score (nSPS) is 10.8. The molecule has 26 heavy (non-hydrogen) atoms. The number of hydrogen-bond acceptors (Lipinski definition) is 4. The highest BCUT2D eigenvalue weighted by Crippen LogP contribution is 2.23. The van der Waals surface area contributed by atoms with Gasteiger partial charge in [0.1, 0.15) is 5.69 Å². The summed E-state index contributed by atoms with van der Waals surface area (Å²) in [6.07, 6.45) is 4.83. The van der Waals surface area contributed by atoms with Crippen LogP contribution in [-0.2, 0) is 0 Å². The second-order valence-corrected chi connectivity index (χ2v) is 5.92.